The molecule has 2 atom stereocenters. The van der Waals surface area contributed by atoms with Crippen molar-refractivity contribution in [1.82, 2.24) is 0 Å². The van der Waals surface area contributed by atoms with Gasteiger partial charge in [-0.25, -0.2) is 0 Å². The van der Waals surface area contributed by atoms with Crippen molar-refractivity contribution in [1.29, 1.82) is 0 Å². The van der Waals surface area contributed by atoms with Gasteiger partial charge in [0.1, 0.15) is 11.8 Å². The zero-order valence-electron chi connectivity index (χ0n) is 6.78. The minimum Gasteiger partial charge on any atom is -0.411 e. The van der Waals surface area contributed by atoms with Crippen molar-refractivity contribution in [2.75, 3.05) is 13.7 Å². The fraction of sp³-hybridized carbons (Fsp3) is 0.857. The van der Waals surface area contributed by atoms with Crippen LogP contribution in [0.3, 0.4) is 0 Å². The van der Waals surface area contributed by atoms with Crippen LogP contribution in [0, 0.1) is 0 Å². The van der Waals surface area contributed by atoms with Crippen LogP contribution in [-0.4, -0.2) is 36.8 Å². The molecule has 0 spiro atoms. The van der Waals surface area contributed by atoms with E-state index >= 15 is 0 Å². The molecule has 1 rings (SSSR count). The molecule has 0 aromatic heterocycles. The zero-order valence-corrected chi connectivity index (χ0v) is 6.78. The molecule has 64 valence electrons. The van der Waals surface area contributed by atoms with Crippen LogP contribution < -0.4 is 0 Å². The molecule has 0 unspecified atom stereocenters. The second kappa shape index (κ2) is 3.69. The summed E-state index contributed by atoms with van der Waals surface area (Å²) in [7, 11) is 1.61. The monoisotopic (exact) mass is 159 g/mol. The molecule has 11 heavy (non-hydrogen) atoms. The lowest BCUT2D eigenvalue weighted by Crippen LogP contribution is -2.39. The molecule has 1 N–H and O–H groups in total. The van der Waals surface area contributed by atoms with Crippen molar-refractivity contribution < 1.29 is 14.7 Å². The first kappa shape index (κ1) is 8.49. The van der Waals surface area contributed by atoms with Crippen LogP contribution >= 0.6 is 0 Å². The highest BCUT2D eigenvalue weighted by Gasteiger charge is 2.27. The summed E-state index contributed by atoms with van der Waals surface area (Å²) < 4.78 is 10.3. The topological polar surface area (TPSA) is 51.0 Å². The van der Waals surface area contributed by atoms with E-state index in [0.717, 1.165) is 6.42 Å². The first-order valence-electron chi connectivity index (χ1n) is 3.65. The van der Waals surface area contributed by atoms with Gasteiger partial charge in [0, 0.05) is 13.5 Å². The number of oxime groups is 1. The molecule has 0 radical (unpaired) electrons. The Balaban J connectivity index is 2.64. The van der Waals surface area contributed by atoms with Crippen LogP contribution in [0.25, 0.3) is 0 Å². The van der Waals surface area contributed by atoms with Gasteiger partial charge in [0.25, 0.3) is 0 Å². The average Bonchev–Trinajstić information content (AvgIpc) is 2.04. The van der Waals surface area contributed by atoms with Crippen LogP contribution in [0.4, 0.5) is 0 Å². The molecule has 0 bridgehead atoms. The maximum absolute atomic E-state index is 8.59. The van der Waals surface area contributed by atoms with Gasteiger partial charge in [-0.2, -0.15) is 0 Å². The fourth-order valence-electron chi connectivity index (χ4n) is 1.23. The summed E-state index contributed by atoms with van der Waals surface area (Å²) in [5, 5.41) is 11.7. The van der Waals surface area contributed by atoms with E-state index in [1.165, 1.54) is 0 Å². The summed E-state index contributed by atoms with van der Waals surface area (Å²) in [6, 6.07) is 0. The normalized spacial score (nSPS) is 36.0. The first-order valence-corrected chi connectivity index (χ1v) is 3.65. The third-order valence-electron chi connectivity index (χ3n) is 1.89. The van der Waals surface area contributed by atoms with Crippen molar-refractivity contribution in [3.63, 3.8) is 0 Å². The highest BCUT2D eigenvalue weighted by Crippen LogP contribution is 2.13. The smallest absolute Gasteiger partial charge is 0.114 e. The second-order valence-corrected chi connectivity index (χ2v) is 2.55. The van der Waals surface area contributed by atoms with E-state index in [1.54, 1.807) is 7.11 Å². The fourth-order valence-corrected chi connectivity index (χ4v) is 1.23. The summed E-state index contributed by atoms with van der Waals surface area (Å²) >= 11 is 0. The van der Waals surface area contributed by atoms with E-state index in [0.29, 0.717) is 12.3 Å². The van der Waals surface area contributed by atoms with Crippen LogP contribution in [0.15, 0.2) is 5.16 Å². The molecular formula is C7H13NO3. The summed E-state index contributed by atoms with van der Waals surface area (Å²) in [6.45, 7) is 2.51. The van der Waals surface area contributed by atoms with Gasteiger partial charge >= 0.3 is 0 Å². The number of methoxy groups -OCH3 is 1. The Morgan fingerprint density at radius 2 is 2.45 bits per heavy atom. The molecular weight excluding hydrogens is 146 g/mol. The van der Waals surface area contributed by atoms with E-state index in [-0.39, 0.29) is 12.2 Å². The van der Waals surface area contributed by atoms with E-state index in [2.05, 4.69) is 5.16 Å². The van der Waals surface area contributed by atoms with E-state index in [9.17, 15) is 0 Å². The molecule has 0 aliphatic carbocycles. The Hall–Kier alpha value is -0.610. The van der Waals surface area contributed by atoms with Crippen LogP contribution in [0.5, 0.6) is 0 Å². The Morgan fingerprint density at radius 1 is 1.73 bits per heavy atom. The number of rotatable bonds is 1. The summed E-state index contributed by atoms with van der Waals surface area (Å²) in [5.74, 6) is 0. The van der Waals surface area contributed by atoms with Gasteiger partial charge in [-0.1, -0.05) is 5.16 Å². The maximum atomic E-state index is 8.59. The summed E-state index contributed by atoms with van der Waals surface area (Å²) in [5.41, 5.74) is 0.582. The van der Waals surface area contributed by atoms with Crippen molar-refractivity contribution in [2.24, 2.45) is 5.16 Å². The SMILES string of the molecule is CO[C@H]1CCO[C@@H](C)/C1=N\O. The molecule has 1 saturated heterocycles. The van der Waals surface area contributed by atoms with Crippen molar-refractivity contribution in [3.8, 4) is 0 Å². The van der Waals surface area contributed by atoms with Crippen LogP contribution in [0.2, 0.25) is 0 Å². The van der Waals surface area contributed by atoms with E-state index < -0.39 is 0 Å². The molecule has 0 aromatic rings. The average molecular weight is 159 g/mol. The lowest BCUT2D eigenvalue weighted by atomic mass is 10.0. The highest BCUT2D eigenvalue weighted by atomic mass is 16.5. The van der Waals surface area contributed by atoms with Gasteiger partial charge in [-0.3, -0.25) is 0 Å². The molecule has 0 saturated carbocycles. The maximum Gasteiger partial charge on any atom is 0.114 e. The molecule has 1 aliphatic rings. The van der Waals surface area contributed by atoms with Gasteiger partial charge in [-0.15, -0.1) is 0 Å². The molecule has 1 aliphatic heterocycles. The Kier molecular flexibility index (Phi) is 2.84. The third kappa shape index (κ3) is 1.70. The molecule has 1 heterocycles. The number of ether oxygens (including phenoxy) is 2. The van der Waals surface area contributed by atoms with E-state index in [1.807, 2.05) is 6.92 Å². The standard InChI is InChI=1S/C7H13NO3/c1-5-7(8-9)6(10-2)3-4-11-5/h5-6,9H,3-4H2,1-2H3/b8-7+/t5-,6-/m0/s1. The summed E-state index contributed by atoms with van der Waals surface area (Å²) in [4.78, 5) is 0. The molecule has 4 heteroatoms. The number of nitrogens with zero attached hydrogens (tertiary/aromatic N) is 1. The Morgan fingerprint density at radius 3 is 2.91 bits per heavy atom. The molecule has 0 amide bonds. The Bertz CT molecular complexity index is 158. The van der Waals surface area contributed by atoms with Gasteiger partial charge in [0.05, 0.1) is 12.7 Å². The minimum absolute atomic E-state index is 0.0799. The van der Waals surface area contributed by atoms with Crippen molar-refractivity contribution in [2.45, 2.75) is 25.6 Å². The van der Waals surface area contributed by atoms with Crippen LogP contribution in [-0.2, 0) is 9.47 Å². The zero-order chi connectivity index (χ0) is 8.27. The second-order valence-electron chi connectivity index (χ2n) is 2.55. The number of hydrogen-bond donors (Lipinski definition) is 1. The first-order chi connectivity index (χ1) is 5.29. The lowest BCUT2D eigenvalue weighted by molar-refractivity contribution is 0.0286. The Labute approximate surface area is 65.8 Å². The molecule has 0 aromatic carbocycles. The van der Waals surface area contributed by atoms with Crippen molar-refractivity contribution in [3.05, 3.63) is 0 Å². The minimum atomic E-state index is -0.126. The summed E-state index contributed by atoms with van der Waals surface area (Å²) in [6.07, 6.45) is 0.558. The third-order valence-corrected chi connectivity index (χ3v) is 1.89. The van der Waals surface area contributed by atoms with Gasteiger partial charge < -0.3 is 14.7 Å². The molecule has 4 nitrogen and oxygen atoms in total. The highest BCUT2D eigenvalue weighted by molar-refractivity contribution is 5.92. The van der Waals surface area contributed by atoms with Crippen molar-refractivity contribution >= 4 is 5.71 Å². The van der Waals surface area contributed by atoms with Gasteiger partial charge in [0.2, 0.25) is 0 Å². The largest absolute Gasteiger partial charge is 0.411 e. The number of hydrogen-bond acceptors (Lipinski definition) is 4. The van der Waals surface area contributed by atoms with Gasteiger partial charge in [-0.05, 0) is 6.92 Å². The van der Waals surface area contributed by atoms with Crippen LogP contribution in [0.1, 0.15) is 13.3 Å². The van der Waals surface area contributed by atoms with Gasteiger partial charge in [0.15, 0.2) is 0 Å². The van der Waals surface area contributed by atoms with E-state index in [4.69, 9.17) is 14.7 Å². The quantitative estimate of drug-likeness (QED) is 0.451. The predicted octanol–water partition coefficient (Wildman–Crippen LogP) is 0.640. The predicted molar refractivity (Wildman–Crippen MR) is 40.0 cm³/mol. The molecule has 1 fully saturated rings. The lowest BCUT2D eigenvalue weighted by Gasteiger charge is -2.26.